The lowest BCUT2D eigenvalue weighted by Crippen LogP contribution is -1.92. The Morgan fingerprint density at radius 1 is 1.06 bits per heavy atom. The van der Waals surface area contributed by atoms with Crippen molar-refractivity contribution in [1.82, 2.24) is 4.98 Å². The first kappa shape index (κ1) is 10.3. The molecule has 1 heterocycles. The van der Waals surface area contributed by atoms with Gasteiger partial charge >= 0.3 is 0 Å². The summed E-state index contributed by atoms with van der Waals surface area (Å²) < 4.78 is 0. The summed E-state index contributed by atoms with van der Waals surface area (Å²) in [6.45, 7) is 3.74. The highest BCUT2D eigenvalue weighted by atomic mass is 16.1. The zero-order valence-corrected chi connectivity index (χ0v) is 8.76. The minimum absolute atomic E-state index is 0.643. The molecule has 1 aromatic heterocycles. The summed E-state index contributed by atoms with van der Waals surface area (Å²) in [5, 5.41) is 0. The van der Waals surface area contributed by atoms with Gasteiger partial charge in [0.05, 0.1) is 5.69 Å². The van der Waals surface area contributed by atoms with E-state index in [1.165, 1.54) is 0 Å². The minimum atomic E-state index is 0.643. The fourth-order valence-corrected chi connectivity index (χ4v) is 1.62. The van der Waals surface area contributed by atoms with Gasteiger partial charge in [-0.15, -0.1) is 0 Å². The molecule has 2 nitrogen and oxygen atoms in total. The molecule has 0 unspecified atom stereocenters. The minimum Gasteiger partial charge on any atom is -0.298 e. The van der Waals surface area contributed by atoms with Gasteiger partial charge in [-0.25, -0.2) is 0 Å². The molecule has 0 aliphatic rings. The Bertz CT molecular complexity index is 482. The van der Waals surface area contributed by atoms with Gasteiger partial charge in [0.15, 0.2) is 6.29 Å². The van der Waals surface area contributed by atoms with Gasteiger partial charge in [-0.1, -0.05) is 43.0 Å². The summed E-state index contributed by atoms with van der Waals surface area (Å²) >= 11 is 0. The van der Waals surface area contributed by atoms with Crippen LogP contribution in [-0.4, -0.2) is 11.3 Å². The molecular weight excluding hydrogens is 198 g/mol. The van der Waals surface area contributed by atoms with Crippen molar-refractivity contribution in [3.05, 3.63) is 60.3 Å². The third-order valence-corrected chi connectivity index (χ3v) is 2.40. The number of carbonyl (C=O) groups excluding carboxylic acids is 1. The zero-order valence-electron chi connectivity index (χ0n) is 8.76. The summed E-state index contributed by atoms with van der Waals surface area (Å²) in [4.78, 5) is 15.2. The maximum atomic E-state index is 10.9. The molecule has 0 amide bonds. The zero-order chi connectivity index (χ0) is 11.4. The average molecular weight is 209 g/mol. The summed E-state index contributed by atoms with van der Waals surface area (Å²) in [5.74, 6) is 0. The lowest BCUT2D eigenvalue weighted by Gasteiger charge is -2.06. The highest BCUT2D eigenvalue weighted by molar-refractivity contribution is 5.88. The third kappa shape index (κ3) is 1.77. The number of rotatable bonds is 3. The maximum Gasteiger partial charge on any atom is 0.150 e. The summed E-state index contributed by atoms with van der Waals surface area (Å²) in [6, 6.07) is 11.2. The molecule has 0 aliphatic heterocycles. The first-order valence-electron chi connectivity index (χ1n) is 4.99. The Hall–Kier alpha value is -2.22. The van der Waals surface area contributed by atoms with Crippen molar-refractivity contribution in [1.29, 1.82) is 0 Å². The van der Waals surface area contributed by atoms with E-state index in [4.69, 9.17) is 0 Å². The van der Waals surface area contributed by atoms with Crippen molar-refractivity contribution < 1.29 is 4.79 Å². The fraction of sp³-hybridized carbons (Fsp3) is 0. The number of aromatic nitrogens is 1. The molecule has 0 fully saturated rings. The van der Waals surface area contributed by atoms with Crippen molar-refractivity contribution >= 4 is 12.4 Å². The number of benzene rings is 1. The number of hydrogen-bond donors (Lipinski definition) is 0. The molecule has 0 radical (unpaired) electrons. The van der Waals surface area contributed by atoms with Crippen LogP contribution in [0.4, 0.5) is 0 Å². The van der Waals surface area contributed by atoms with Crippen LogP contribution in [0.3, 0.4) is 0 Å². The van der Waals surface area contributed by atoms with Gasteiger partial charge in [-0.3, -0.25) is 9.78 Å². The van der Waals surface area contributed by atoms with E-state index < -0.39 is 0 Å². The van der Waals surface area contributed by atoms with Crippen LogP contribution in [0.5, 0.6) is 0 Å². The van der Waals surface area contributed by atoms with E-state index in [0.29, 0.717) is 5.56 Å². The lowest BCUT2D eigenvalue weighted by molar-refractivity contribution is 0.112. The summed E-state index contributed by atoms with van der Waals surface area (Å²) in [5.41, 5.74) is 3.20. The quantitative estimate of drug-likeness (QED) is 0.726. The molecule has 16 heavy (non-hydrogen) atoms. The molecule has 2 heteroatoms. The summed E-state index contributed by atoms with van der Waals surface area (Å²) in [6.07, 6.45) is 4.30. The number of carbonyl (C=O) groups is 1. The SMILES string of the molecule is C=Cc1cccnc1-c1ccccc1C=O. The topological polar surface area (TPSA) is 30.0 Å². The van der Waals surface area contributed by atoms with E-state index in [9.17, 15) is 4.79 Å². The van der Waals surface area contributed by atoms with Crippen LogP contribution in [0, 0.1) is 0 Å². The van der Waals surface area contributed by atoms with Crippen molar-refractivity contribution in [2.24, 2.45) is 0 Å². The molecule has 0 N–H and O–H groups in total. The smallest absolute Gasteiger partial charge is 0.150 e. The van der Waals surface area contributed by atoms with E-state index >= 15 is 0 Å². The number of hydrogen-bond acceptors (Lipinski definition) is 2. The average Bonchev–Trinajstić information content (AvgIpc) is 2.38. The Labute approximate surface area is 94.3 Å². The van der Waals surface area contributed by atoms with Gasteiger partial charge < -0.3 is 0 Å². The monoisotopic (exact) mass is 209 g/mol. The van der Waals surface area contributed by atoms with Crippen molar-refractivity contribution in [3.8, 4) is 11.3 Å². The van der Waals surface area contributed by atoms with Gasteiger partial charge in [-0.2, -0.15) is 0 Å². The Kier molecular flexibility index (Phi) is 2.92. The van der Waals surface area contributed by atoms with Crippen LogP contribution < -0.4 is 0 Å². The van der Waals surface area contributed by atoms with E-state index in [0.717, 1.165) is 23.1 Å². The number of pyridine rings is 1. The lowest BCUT2D eigenvalue weighted by atomic mass is 10.0. The molecule has 2 rings (SSSR count). The van der Waals surface area contributed by atoms with Gasteiger partial charge in [-0.05, 0) is 6.07 Å². The summed E-state index contributed by atoms with van der Waals surface area (Å²) in [7, 11) is 0. The van der Waals surface area contributed by atoms with Gasteiger partial charge in [0.1, 0.15) is 0 Å². The van der Waals surface area contributed by atoms with Crippen molar-refractivity contribution in [2.45, 2.75) is 0 Å². The van der Waals surface area contributed by atoms with Crippen LogP contribution in [0.25, 0.3) is 17.3 Å². The third-order valence-electron chi connectivity index (χ3n) is 2.40. The molecule has 0 saturated carbocycles. The molecule has 78 valence electrons. The fourth-order valence-electron chi connectivity index (χ4n) is 1.62. The Morgan fingerprint density at radius 2 is 1.81 bits per heavy atom. The molecule has 0 saturated heterocycles. The highest BCUT2D eigenvalue weighted by Crippen LogP contribution is 2.24. The first-order chi connectivity index (χ1) is 7.86. The molecule has 0 aliphatic carbocycles. The molecule has 0 spiro atoms. The van der Waals surface area contributed by atoms with E-state index in [1.54, 1.807) is 18.3 Å². The van der Waals surface area contributed by atoms with Gasteiger partial charge in [0.2, 0.25) is 0 Å². The second kappa shape index (κ2) is 4.53. The van der Waals surface area contributed by atoms with Crippen LogP contribution in [0.15, 0.2) is 49.2 Å². The first-order valence-corrected chi connectivity index (χ1v) is 4.99. The highest BCUT2D eigenvalue weighted by Gasteiger charge is 2.07. The largest absolute Gasteiger partial charge is 0.298 e. The van der Waals surface area contributed by atoms with Crippen molar-refractivity contribution in [2.75, 3.05) is 0 Å². The van der Waals surface area contributed by atoms with Gasteiger partial charge in [0, 0.05) is 22.9 Å². The van der Waals surface area contributed by atoms with Crippen molar-refractivity contribution in [3.63, 3.8) is 0 Å². The molecule has 1 aromatic carbocycles. The predicted molar refractivity (Wildman–Crippen MR) is 65.2 cm³/mol. The Morgan fingerprint density at radius 3 is 2.56 bits per heavy atom. The van der Waals surface area contributed by atoms with E-state index in [2.05, 4.69) is 11.6 Å². The second-order valence-corrected chi connectivity index (χ2v) is 3.35. The molecular formula is C14H11NO. The number of nitrogens with zero attached hydrogens (tertiary/aromatic N) is 1. The van der Waals surface area contributed by atoms with Crippen LogP contribution in [0.2, 0.25) is 0 Å². The van der Waals surface area contributed by atoms with Crippen LogP contribution >= 0.6 is 0 Å². The number of aldehydes is 1. The molecule has 2 aromatic rings. The normalized spacial score (nSPS) is 9.75. The van der Waals surface area contributed by atoms with Gasteiger partial charge in [0.25, 0.3) is 0 Å². The molecule has 0 bridgehead atoms. The van der Waals surface area contributed by atoms with Crippen LogP contribution in [-0.2, 0) is 0 Å². The van der Waals surface area contributed by atoms with E-state index in [1.807, 2.05) is 30.3 Å². The second-order valence-electron chi connectivity index (χ2n) is 3.35. The predicted octanol–water partition coefficient (Wildman–Crippen LogP) is 3.20. The maximum absolute atomic E-state index is 10.9. The standard InChI is InChI=1S/C14H11NO/c1-2-11-7-5-9-15-14(11)13-8-4-3-6-12(13)10-16/h2-10H,1H2. The van der Waals surface area contributed by atoms with Crippen LogP contribution in [0.1, 0.15) is 15.9 Å². The van der Waals surface area contributed by atoms with E-state index in [-0.39, 0.29) is 0 Å². The Balaban J connectivity index is 2.67. The molecule has 0 atom stereocenters.